The van der Waals surface area contributed by atoms with Crippen molar-refractivity contribution in [3.8, 4) is 17.2 Å². The van der Waals surface area contributed by atoms with Crippen LogP contribution in [0.1, 0.15) is 32.3 Å². The average molecular weight is 349 g/mol. The highest BCUT2D eigenvalue weighted by Crippen LogP contribution is 2.34. The summed E-state index contributed by atoms with van der Waals surface area (Å²) in [5.41, 5.74) is 0.922. The molecule has 1 saturated heterocycles. The maximum atomic E-state index is 5.52. The van der Waals surface area contributed by atoms with E-state index in [2.05, 4.69) is 24.1 Å². The summed E-state index contributed by atoms with van der Waals surface area (Å²) in [4.78, 5) is 7.19. The number of aliphatic imine (C=N–C) groups is 1. The summed E-state index contributed by atoms with van der Waals surface area (Å²) in [6.07, 6.45) is 2.50. The Labute approximate surface area is 151 Å². The van der Waals surface area contributed by atoms with Crippen molar-refractivity contribution >= 4 is 5.96 Å². The number of ether oxygens (including phenoxy) is 3. The van der Waals surface area contributed by atoms with Crippen LogP contribution in [0.4, 0.5) is 0 Å². The molecule has 6 heteroatoms. The van der Waals surface area contributed by atoms with E-state index in [0.29, 0.717) is 18.2 Å². The Balaban J connectivity index is 2.27. The highest BCUT2D eigenvalue weighted by Gasteiger charge is 2.20. The van der Waals surface area contributed by atoms with E-state index in [4.69, 9.17) is 19.2 Å². The maximum Gasteiger partial charge on any atom is 0.194 e. The topological polar surface area (TPSA) is 55.3 Å². The maximum absolute atomic E-state index is 5.52. The molecule has 0 radical (unpaired) electrons. The lowest BCUT2D eigenvalue weighted by molar-refractivity contribution is 0.266. The van der Waals surface area contributed by atoms with E-state index in [1.807, 2.05) is 12.1 Å². The Hall–Kier alpha value is -2.11. The second kappa shape index (κ2) is 9.39. The van der Waals surface area contributed by atoms with Crippen LogP contribution in [0.2, 0.25) is 0 Å². The molecule has 0 spiro atoms. The number of nitrogens with one attached hydrogen (secondary N) is 1. The zero-order valence-electron chi connectivity index (χ0n) is 16.1. The van der Waals surface area contributed by atoms with Gasteiger partial charge in [-0.1, -0.05) is 6.92 Å². The number of nitrogens with zero attached hydrogens (tertiary/aromatic N) is 2. The number of guanidine groups is 1. The van der Waals surface area contributed by atoms with E-state index < -0.39 is 0 Å². The zero-order valence-corrected chi connectivity index (χ0v) is 16.1. The molecule has 1 aromatic rings. The molecule has 1 heterocycles. The number of methoxy groups -OCH3 is 3. The number of rotatable bonds is 6. The van der Waals surface area contributed by atoms with Crippen LogP contribution in [0.5, 0.6) is 17.2 Å². The van der Waals surface area contributed by atoms with E-state index in [0.717, 1.165) is 42.7 Å². The monoisotopic (exact) mass is 349 g/mol. The molecular weight excluding hydrogens is 318 g/mol. The van der Waals surface area contributed by atoms with Crippen LogP contribution in [0.3, 0.4) is 0 Å². The number of likely N-dealkylation sites (tertiary alicyclic amines) is 1. The Morgan fingerprint density at radius 3 is 2.40 bits per heavy atom. The highest BCUT2D eigenvalue weighted by molar-refractivity contribution is 5.80. The van der Waals surface area contributed by atoms with Crippen molar-refractivity contribution in [2.45, 2.75) is 33.2 Å². The summed E-state index contributed by atoms with van der Waals surface area (Å²) in [5.74, 6) is 3.81. The van der Waals surface area contributed by atoms with Crippen molar-refractivity contribution in [1.82, 2.24) is 10.2 Å². The van der Waals surface area contributed by atoms with Crippen molar-refractivity contribution in [3.05, 3.63) is 17.7 Å². The molecule has 1 aliphatic rings. The van der Waals surface area contributed by atoms with Crippen molar-refractivity contribution in [3.63, 3.8) is 0 Å². The minimum atomic E-state index is 0.490. The molecule has 1 fully saturated rings. The van der Waals surface area contributed by atoms with Gasteiger partial charge in [-0.2, -0.15) is 0 Å². The molecule has 0 saturated carbocycles. The molecule has 1 aliphatic heterocycles. The van der Waals surface area contributed by atoms with Crippen LogP contribution in [-0.4, -0.2) is 51.8 Å². The van der Waals surface area contributed by atoms with E-state index in [1.54, 1.807) is 21.3 Å². The highest BCUT2D eigenvalue weighted by atomic mass is 16.5. The molecular formula is C19H31N3O3. The molecule has 6 nitrogen and oxygen atoms in total. The Kier molecular flexibility index (Phi) is 7.22. The molecule has 2 rings (SSSR count). The first kappa shape index (κ1) is 19.2. The fraction of sp³-hybridized carbons (Fsp3) is 0.632. The third kappa shape index (κ3) is 4.94. The van der Waals surface area contributed by atoms with Crippen LogP contribution in [0.25, 0.3) is 0 Å². The van der Waals surface area contributed by atoms with Gasteiger partial charge in [-0.15, -0.1) is 0 Å². The van der Waals surface area contributed by atoms with Gasteiger partial charge in [0, 0.05) is 31.8 Å². The Morgan fingerprint density at radius 2 is 1.88 bits per heavy atom. The summed E-state index contributed by atoms with van der Waals surface area (Å²) in [6.45, 7) is 7.82. The Morgan fingerprint density at radius 1 is 1.20 bits per heavy atom. The van der Waals surface area contributed by atoms with Gasteiger partial charge in [-0.25, -0.2) is 4.99 Å². The molecule has 140 valence electrons. The summed E-state index contributed by atoms with van der Waals surface area (Å²) in [7, 11) is 4.94. The second-order valence-corrected chi connectivity index (χ2v) is 6.37. The number of benzene rings is 1. The first-order chi connectivity index (χ1) is 12.1. The van der Waals surface area contributed by atoms with Crippen LogP contribution in [0, 0.1) is 5.92 Å². The van der Waals surface area contributed by atoms with E-state index in [-0.39, 0.29) is 0 Å². The average Bonchev–Trinajstić information content (AvgIpc) is 2.64. The van der Waals surface area contributed by atoms with Gasteiger partial charge in [-0.05, 0) is 25.7 Å². The van der Waals surface area contributed by atoms with E-state index in [9.17, 15) is 0 Å². The predicted octanol–water partition coefficient (Wildman–Crippen LogP) is 2.91. The predicted molar refractivity (Wildman–Crippen MR) is 101 cm³/mol. The molecule has 0 bridgehead atoms. The van der Waals surface area contributed by atoms with Crippen molar-refractivity contribution in [2.75, 3.05) is 41.0 Å². The van der Waals surface area contributed by atoms with Crippen LogP contribution >= 0.6 is 0 Å². The first-order valence-electron chi connectivity index (χ1n) is 8.95. The van der Waals surface area contributed by atoms with Crippen LogP contribution in [0.15, 0.2) is 17.1 Å². The third-order valence-electron chi connectivity index (χ3n) is 4.50. The lowest BCUT2D eigenvalue weighted by atomic mass is 10.0. The number of piperidine rings is 1. The van der Waals surface area contributed by atoms with Gasteiger partial charge < -0.3 is 24.4 Å². The van der Waals surface area contributed by atoms with Gasteiger partial charge in [0.25, 0.3) is 0 Å². The molecule has 1 atom stereocenters. The fourth-order valence-electron chi connectivity index (χ4n) is 3.20. The van der Waals surface area contributed by atoms with Gasteiger partial charge in [-0.3, -0.25) is 0 Å². The SMILES string of the molecule is CCNC(=NCc1c(OC)cc(OC)cc1OC)N1CCCC(C)C1. The van der Waals surface area contributed by atoms with Gasteiger partial charge >= 0.3 is 0 Å². The van der Waals surface area contributed by atoms with Crippen molar-refractivity contribution < 1.29 is 14.2 Å². The minimum absolute atomic E-state index is 0.490. The van der Waals surface area contributed by atoms with Gasteiger partial charge in [0.05, 0.1) is 33.4 Å². The molecule has 1 unspecified atom stereocenters. The third-order valence-corrected chi connectivity index (χ3v) is 4.50. The standard InChI is InChI=1S/C19H31N3O3/c1-6-20-19(22-9-7-8-14(2)13-22)21-12-16-17(24-4)10-15(23-3)11-18(16)25-5/h10-11,14H,6-9,12-13H2,1-5H3,(H,20,21). The first-order valence-corrected chi connectivity index (χ1v) is 8.95. The number of hydrogen-bond acceptors (Lipinski definition) is 4. The zero-order chi connectivity index (χ0) is 18.2. The lowest BCUT2D eigenvalue weighted by Crippen LogP contribution is -2.46. The van der Waals surface area contributed by atoms with Gasteiger partial charge in [0.2, 0.25) is 0 Å². The van der Waals surface area contributed by atoms with Gasteiger partial charge in [0.15, 0.2) is 5.96 Å². The van der Waals surface area contributed by atoms with E-state index >= 15 is 0 Å². The number of hydrogen-bond donors (Lipinski definition) is 1. The summed E-state index contributed by atoms with van der Waals surface area (Å²) in [6, 6.07) is 3.73. The van der Waals surface area contributed by atoms with Crippen LogP contribution in [-0.2, 0) is 6.54 Å². The van der Waals surface area contributed by atoms with Gasteiger partial charge in [0.1, 0.15) is 17.2 Å². The molecule has 0 aromatic heterocycles. The van der Waals surface area contributed by atoms with Crippen molar-refractivity contribution in [1.29, 1.82) is 0 Å². The molecule has 0 amide bonds. The quantitative estimate of drug-likeness (QED) is 0.632. The molecule has 1 aromatic carbocycles. The van der Waals surface area contributed by atoms with E-state index in [1.165, 1.54) is 12.8 Å². The lowest BCUT2D eigenvalue weighted by Gasteiger charge is -2.33. The fourth-order valence-corrected chi connectivity index (χ4v) is 3.20. The minimum Gasteiger partial charge on any atom is -0.496 e. The molecule has 0 aliphatic carbocycles. The largest absolute Gasteiger partial charge is 0.496 e. The van der Waals surface area contributed by atoms with Crippen LogP contribution < -0.4 is 19.5 Å². The second-order valence-electron chi connectivity index (χ2n) is 6.37. The normalized spacial score (nSPS) is 18.0. The van der Waals surface area contributed by atoms with Crippen molar-refractivity contribution in [2.24, 2.45) is 10.9 Å². The molecule has 1 N–H and O–H groups in total. The Bertz CT molecular complexity index is 564. The summed E-state index contributed by atoms with van der Waals surface area (Å²) < 4.78 is 16.4. The molecule has 25 heavy (non-hydrogen) atoms. The smallest absolute Gasteiger partial charge is 0.194 e. The summed E-state index contributed by atoms with van der Waals surface area (Å²) >= 11 is 0. The summed E-state index contributed by atoms with van der Waals surface area (Å²) in [5, 5.41) is 3.41.